The molecule has 1 heterocycles. The predicted molar refractivity (Wildman–Crippen MR) is 108 cm³/mol. The number of nitrogens with one attached hydrogen (secondary N) is 1. The van der Waals surface area contributed by atoms with Gasteiger partial charge in [-0.2, -0.15) is 0 Å². The monoisotopic (exact) mass is 462 g/mol. The molecule has 3 N–H and O–H groups in total. The highest BCUT2D eigenvalue weighted by atomic mass is 127. The number of ether oxygens (including phenoxy) is 2. The minimum absolute atomic E-state index is 0. The van der Waals surface area contributed by atoms with E-state index >= 15 is 0 Å². The Morgan fingerprint density at radius 2 is 1.96 bits per heavy atom. The molecular weight excluding hydrogens is 435 g/mol. The summed E-state index contributed by atoms with van der Waals surface area (Å²) < 4.78 is 10.1. The van der Waals surface area contributed by atoms with Gasteiger partial charge >= 0.3 is 6.09 Å². The van der Waals surface area contributed by atoms with Gasteiger partial charge < -0.3 is 25.4 Å². The average Bonchev–Trinajstić information content (AvgIpc) is 2.61. The Hall–Kier alpha value is -1.71. The molecule has 7 nitrogen and oxygen atoms in total. The standard InChI is InChI=1S/C17H26N4O3.HI/c1-3-24-17(22)21-10-8-14(9-11-21)20-16(18)19-12-13-4-6-15(23-2)7-5-13;/h4-7,14H,3,8-12H2,1-2H3,(H3,18,19,20);1H. The SMILES string of the molecule is CCOC(=O)N1CCC(NC(N)=NCc2ccc(OC)cc2)CC1.I. The highest BCUT2D eigenvalue weighted by Gasteiger charge is 2.23. The Bertz CT molecular complexity index is 558. The molecule has 1 aliphatic rings. The van der Waals surface area contributed by atoms with Crippen molar-refractivity contribution in [1.82, 2.24) is 10.2 Å². The molecule has 0 aromatic heterocycles. The number of nitrogens with two attached hydrogens (primary N) is 1. The van der Waals surface area contributed by atoms with E-state index in [-0.39, 0.29) is 36.1 Å². The predicted octanol–water partition coefficient (Wildman–Crippen LogP) is 2.34. The fourth-order valence-electron chi connectivity index (χ4n) is 2.58. The van der Waals surface area contributed by atoms with Gasteiger partial charge in [-0.25, -0.2) is 9.79 Å². The molecule has 0 aliphatic carbocycles. The largest absolute Gasteiger partial charge is 0.497 e. The maximum absolute atomic E-state index is 11.7. The fourth-order valence-corrected chi connectivity index (χ4v) is 2.58. The number of benzene rings is 1. The second-order valence-electron chi connectivity index (χ2n) is 5.65. The molecule has 0 bridgehead atoms. The zero-order valence-corrected chi connectivity index (χ0v) is 17.1. The number of carbonyl (C=O) groups is 1. The van der Waals surface area contributed by atoms with Crippen LogP contribution in [-0.2, 0) is 11.3 Å². The lowest BCUT2D eigenvalue weighted by molar-refractivity contribution is 0.0963. The van der Waals surface area contributed by atoms with Crippen LogP contribution in [0.5, 0.6) is 5.75 Å². The first-order valence-corrected chi connectivity index (χ1v) is 8.23. The fraction of sp³-hybridized carbons (Fsp3) is 0.529. The van der Waals surface area contributed by atoms with Crippen LogP contribution < -0.4 is 15.8 Å². The van der Waals surface area contributed by atoms with Crippen molar-refractivity contribution >= 4 is 36.0 Å². The molecule has 2 rings (SSSR count). The topological polar surface area (TPSA) is 89.2 Å². The molecule has 0 spiro atoms. The van der Waals surface area contributed by atoms with E-state index < -0.39 is 0 Å². The Morgan fingerprint density at radius 1 is 1.32 bits per heavy atom. The second-order valence-corrected chi connectivity index (χ2v) is 5.65. The van der Waals surface area contributed by atoms with Gasteiger partial charge in [0.05, 0.1) is 20.3 Å². The van der Waals surface area contributed by atoms with E-state index in [1.165, 1.54) is 0 Å². The molecule has 0 radical (unpaired) electrons. The van der Waals surface area contributed by atoms with Gasteiger partial charge in [-0.15, -0.1) is 24.0 Å². The molecular formula is C17H27IN4O3. The third-order valence-electron chi connectivity index (χ3n) is 3.96. The number of likely N-dealkylation sites (tertiary alicyclic amines) is 1. The first-order chi connectivity index (χ1) is 11.6. The second kappa shape index (κ2) is 11.0. The first-order valence-electron chi connectivity index (χ1n) is 8.23. The number of piperidine rings is 1. The summed E-state index contributed by atoms with van der Waals surface area (Å²) in [5.74, 6) is 1.25. The van der Waals surface area contributed by atoms with E-state index in [2.05, 4.69) is 10.3 Å². The van der Waals surface area contributed by atoms with Crippen LogP contribution in [0.15, 0.2) is 29.3 Å². The van der Waals surface area contributed by atoms with Crippen molar-refractivity contribution in [2.75, 3.05) is 26.8 Å². The molecule has 0 saturated carbocycles. The van der Waals surface area contributed by atoms with Crippen LogP contribution in [0.25, 0.3) is 0 Å². The lowest BCUT2D eigenvalue weighted by Gasteiger charge is -2.31. The summed E-state index contributed by atoms with van der Waals surface area (Å²) in [6.07, 6.45) is 1.42. The van der Waals surface area contributed by atoms with Gasteiger partial charge in [-0.1, -0.05) is 12.1 Å². The minimum Gasteiger partial charge on any atom is -0.497 e. The lowest BCUT2D eigenvalue weighted by Crippen LogP contribution is -2.48. The molecule has 1 aromatic rings. The van der Waals surface area contributed by atoms with E-state index in [1.807, 2.05) is 31.2 Å². The molecule has 1 aliphatic heterocycles. The van der Waals surface area contributed by atoms with Gasteiger partial charge in [0, 0.05) is 19.1 Å². The van der Waals surface area contributed by atoms with Crippen LogP contribution in [0.3, 0.4) is 0 Å². The third kappa shape index (κ3) is 6.97. The molecule has 140 valence electrons. The van der Waals surface area contributed by atoms with E-state index in [9.17, 15) is 4.79 Å². The number of rotatable bonds is 5. The molecule has 1 amide bonds. The van der Waals surface area contributed by atoms with E-state index in [4.69, 9.17) is 15.2 Å². The van der Waals surface area contributed by atoms with Crippen LogP contribution in [0.2, 0.25) is 0 Å². The van der Waals surface area contributed by atoms with Crippen LogP contribution in [0, 0.1) is 0 Å². The average molecular weight is 462 g/mol. The zero-order chi connectivity index (χ0) is 17.4. The zero-order valence-electron chi connectivity index (χ0n) is 14.7. The summed E-state index contributed by atoms with van der Waals surface area (Å²) in [6.45, 7) is 4.07. The Labute approximate surface area is 166 Å². The molecule has 1 aromatic carbocycles. The Balaban J connectivity index is 0.00000312. The molecule has 0 atom stereocenters. The lowest BCUT2D eigenvalue weighted by atomic mass is 10.1. The summed E-state index contributed by atoms with van der Waals surface area (Å²) in [7, 11) is 1.64. The highest BCUT2D eigenvalue weighted by Crippen LogP contribution is 2.13. The summed E-state index contributed by atoms with van der Waals surface area (Å²) in [6, 6.07) is 7.97. The number of halogens is 1. The number of nitrogens with zero attached hydrogens (tertiary/aromatic N) is 2. The van der Waals surface area contributed by atoms with E-state index in [1.54, 1.807) is 12.0 Å². The van der Waals surface area contributed by atoms with Crippen molar-refractivity contribution in [2.24, 2.45) is 10.7 Å². The number of hydrogen-bond acceptors (Lipinski definition) is 4. The number of carbonyl (C=O) groups excluding carboxylic acids is 1. The van der Waals surface area contributed by atoms with E-state index in [0.717, 1.165) is 24.2 Å². The van der Waals surface area contributed by atoms with Gasteiger partial charge in [-0.3, -0.25) is 0 Å². The number of guanidine groups is 1. The third-order valence-corrected chi connectivity index (χ3v) is 3.96. The molecule has 0 unspecified atom stereocenters. The van der Waals surface area contributed by atoms with Crippen LogP contribution in [-0.4, -0.2) is 49.8 Å². The van der Waals surface area contributed by atoms with Gasteiger partial charge in [0.15, 0.2) is 5.96 Å². The van der Waals surface area contributed by atoms with Gasteiger partial charge in [-0.05, 0) is 37.5 Å². The van der Waals surface area contributed by atoms with Crippen molar-refractivity contribution in [1.29, 1.82) is 0 Å². The van der Waals surface area contributed by atoms with Crippen LogP contribution in [0.4, 0.5) is 4.79 Å². The van der Waals surface area contributed by atoms with Gasteiger partial charge in [0.1, 0.15) is 5.75 Å². The van der Waals surface area contributed by atoms with Crippen LogP contribution >= 0.6 is 24.0 Å². The van der Waals surface area contributed by atoms with Crippen molar-refractivity contribution in [3.8, 4) is 5.75 Å². The summed E-state index contributed by atoms with van der Waals surface area (Å²) in [5, 5.41) is 3.23. The first kappa shape index (κ1) is 21.3. The smallest absolute Gasteiger partial charge is 0.409 e. The molecule has 1 saturated heterocycles. The highest BCUT2D eigenvalue weighted by molar-refractivity contribution is 14.0. The molecule has 1 fully saturated rings. The maximum atomic E-state index is 11.7. The number of hydrogen-bond donors (Lipinski definition) is 2. The Kier molecular flexibility index (Phi) is 9.40. The van der Waals surface area contributed by atoms with Crippen molar-refractivity contribution in [3.63, 3.8) is 0 Å². The van der Waals surface area contributed by atoms with E-state index in [0.29, 0.717) is 32.2 Å². The van der Waals surface area contributed by atoms with Gasteiger partial charge in [0.25, 0.3) is 0 Å². The maximum Gasteiger partial charge on any atom is 0.409 e. The Morgan fingerprint density at radius 3 is 2.52 bits per heavy atom. The summed E-state index contributed by atoms with van der Waals surface area (Å²) in [5.41, 5.74) is 7.03. The van der Waals surface area contributed by atoms with Crippen LogP contribution in [0.1, 0.15) is 25.3 Å². The normalized spacial score (nSPS) is 15.3. The minimum atomic E-state index is -0.239. The quantitative estimate of drug-likeness (QED) is 0.399. The summed E-state index contributed by atoms with van der Waals surface area (Å²) >= 11 is 0. The molecule has 25 heavy (non-hydrogen) atoms. The molecule has 8 heteroatoms. The van der Waals surface area contributed by atoms with Gasteiger partial charge in [0.2, 0.25) is 0 Å². The number of amides is 1. The number of aliphatic imine (C=N–C) groups is 1. The number of methoxy groups -OCH3 is 1. The van der Waals surface area contributed by atoms with Crippen molar-refractivity contribution in [3.05, 3.63) is 29.8 Å². The van der Waals surface area contributed by atoms with Crippen molar-refractivity contribution < 1.29 is 14.3 Å². The summed E-state index contributed by atoms with van der Waals surface area (Å²) in [4.78, 5) is 17.8. The van der Waals surface area contributed by atoms with Crippen molar-refractivity contribution in [2.45, 2.75) is 32.4 Å².